The zero-order valence-corrected chi connectivity index (χ0v) is 14.0. The van der Waals surface area contributed by atoms with E-state index in [0.717, 1.165) is 23.1 Å². The van der Waals surface area contributed by atoms with Crippen molar-refractivity contribution in [2.45, 2.75) is 31.8 Å². The van der Waals surface area contributed by atoms with Crippen molar-refractivity contribution in [1.82, 2.24) is 10.3 Å². The average Bonchev–Trinajstić information content (AvgIpc) is 2.91. The van der Waals surface area contributed by atoms with Crippen molar-refractivity contribution in [2.75, 3.05) is 19.0 Å². The molecule has 3 rings (SSSR count). The van der Waals surface area contributed by atoms with Gasteiger partial charge in [0.15, 0.2) is 5.13 Å². The molecule has 1 aliphatic carbocycles. The molecule has 1 unspecified atom stereocenters. The van der Waals surface area contributed by atoms with Gasteiger partial charge in [-0.3, -0.25) is 0 Å². The second-order valence-electron chi connectivity index (χ2n) is 5.52. The lowest BCUT2D eigenvalue weighted by Gasteiger charge is -2.20. The van der Waals surface area contributed by atoms with Gasteiger partial charge in [0.05, 0.1) is 11.7 Å². The van der Waals surface area contributed by atoms with E-state index in [1.807, 2.05) is 36.6 Å². The highest BCUT2D eigenvalue weighted by atomic mass is 35.5. The van der Waals surface area contributed by atoms with Crippen LogP contribution in [-0.2, 0) is 13.0 Å². The average molecular weight is 322 g/mol. The van der Waals surface area contributed by atoms with Gasteiger partial charge in [0.1, 0.15) is 0 Å². The lowest BCUT2D eigenvalue weighted by Crippen LogP contribution is -2.21. The van der Waals surface area contributed by atoms with Crippen LogP contribution in [0.4, 0.5) is 5.13 Å². The molecule has 0 aliphatic heterocycles. The minimum absolute atomic E-state index is 0.415. The van der Waals surface area contributed by atoms with Crippen molar-refractivity contribution in [3.63, 3.8) is 0 Å². The molecule has 1 aromatic carbocycles. The van der Waals surface area contributed by atoms with E-state index >= 15 is 0 Å². The van der Waals surface area contributed by atoms with Crippen LogP contribution in [0.15, 0.2) is 24.3 Å². The Labute approximate surface area is 135 Å². The number of anilines is 1. The van der Waals surface area contributed by atoms with Gasteiger partial charge in [0, 0.05) is 23.5 Å². The molecule has 21 heavy (non-hydrogen) atoms. The van der Waals surface area contributed by atoms with Gasteiger partial charge in [-0.05, 0) is 44.0 Å². The van der Waals surface area contributed by atoms with E-state index in [1.165, 1.54) is 29.0 Å². The fraction of sp³-hybridized carbons (Fsp3) is 0.438. The molecule has 0 amide bonds. The third-order valence-electron chi connectivity index (χ3n) is 3.93. The summed E-state index contributed by atoms with van der Waals surface area (Å²) in [5, 5.41) is 5.26. The van der Waals surface area contributed by atoms with Crippen LogP contribution in [0.2, 0.25) is 5.02 Å². The Morgan fingerprint density at radius 3 is 3.10 bits per heavy atom. The van der Waals surface area contributed by atoms with Crippen molar-refractivity contribution in [2.24, 2.45) is 0 Å². The van der Waals surface area contributed by atoms with E-state index in [9.17, 15) is 0 Å². The predicted octanol–water partition coefficient (Wildman–Crippen LogP) is 4.03. The predicted molar refractivity (Wildman–Crippen MR) is 90.4 cm³/mol. The molecule has 5 heteroatoms. The summed E-state index contributed by atoms with van der Waals surface area (Å²) in [6.45, 7) is 0.831. The van der Waals surface area contributed by atoms with Crippen LogP contribution in [0, 0.1) is 0 Å². The third kappa shape index (κ3) is 3.23. The summed E-state index contributed by atoms with van der Waals surface area (Å²) in [6, 6.07) is 8.44. The molecule has 0 spiro atoms. The van der Waals surface area contributed by atoms with Crippen molar-refractivity contribution in [3.8, 4) is 0 Å². The molecular weight excluding hydrogens is 302 g/mol. The number of hydrogen-bond donors (Lipinski definition) is 1. The Balaban J connectivity index is 1.79. The standard InChI is InChI=1S/C16H20ClN3S/c1-18-13-7-4-8-14-15(13)19-16(21-14)20(2)10-11-5-3-6-12(17)9-11/h3,5-6,9,13,18H,4,7-8,10H2,1-2H3. The van der Waals surface area contributed by atoms with Crippen LogP contribution in [0.3, 0.4) is 0 Å². The molecule has 1 N–H and O–H groups in total. The van der Waals surface area contributed by atoms with Gasteiger partial charge in [-0.25, -0.2) is 4.98 Å². The third-order valence-corrected chi connectivity index (χ3v) is 5.41. The van der Waals surface area contributed by atoms with Gasteiger partial charge < -0.3 is 10.2 Å². The number of thiazole rings is 1. The summed E-state index contributed by atoms with van der Waals surface area (Å²) in [6.07, 6.45) is 3.60. The number of hydrogen-bond acceptors (Lipinski definition) is 4. The zero-order valence-electron chi connectivity index (χ0n) is 12.4. The summed E-state index contributed by atoms with van der Waals surface area (Å²) in [4.78, 5) is 8.52. The lowest BCUT2D eigenvalue weighted by atomic mass is 9.98. The van der Waals surface area contributed by atoms with Crippen LogP contribution in [-0.4, -0.2) is 19.1 Å². The summed E-state index contributed by atoms with van der Waals surface area (Å²) >= 11 is 7.88. The monoisotopic (exact) mass is 321 g/mol. The number of rotatable bonds is 4. The molecule has 0 saturated carbocycles. The first-order valence-electron chi connectivity index (χ1n) is 7.30. The molecule has 112 valence electrons. The van der Waals surface area contributed by atoms with E-state index in [2.05, 4.69) is 23.3 Å². The van der Waals surface area contributed by atoms with E-state index in [-0.39, 0.29) is 0 Å². The first-order chi connectivity index (χ1) is 10.2. The van der Waals surface area contributed by atoms with Gasteiger partial charge in [0.25, 0.3) is 0 Å². The molecule has 3 nitrogen and oxygen atoms in total. The topological polar surface area (TPSA) is 28.2 Å². The highest BCUT2D eigenvalue weighted by molar-refractivity contribution is 7.15. The van der Waals surface area contributed by atoms with E-state index in [1.54, 1.807) is 0 Å². The van der Waals surface area contributed by atoms with Crippen LogP contribution < -0.4 is 10.2 Å². The first-order valence-corrected chi connectivity index (χ1v) is 8.49. The Bertz CT molecular complexity index is 626. The second-order valence-corrected chi connectivity index (χ2v) is 7.02. The van der Waals surface area contributed by atoms with Gasteiger partial charge >= 0.3 is 0 Å². The number of nitrogens with one attached hydrogen (secondary N) is 1. The number of fused-ring (bicyclic) bond motifs is 1. The van der Waals surface area contributed by atoms with E-state index in [0.29, 0.717) is 6.04 Å². The Hall–Kier alpha value is -1.10. The van der Waals surface area contributed by atoms with Crippen LogP contribution in [0.5, 0.6) is 0 Å². The quantitative estimate of drug-likeness (QED) is 0.921. The number of aryl methyl sites for hydroxylation is 1. The number of benzene rings is 1. The largest absolute Gasteiger partial charge is 0.347 e. The Morgan fingerprint density at radius 1 is 1.48 bits per heavy atom. The van der Waals surface area contributed by atoms with E-state index < -0.39 is 0 Å². The summed E-state index contributed by atoms with van der Waals surface area (Å²) in [7, 11) is 4.12. The van der Waals surface area contributed by atoms with E-state index in [4.69, 9.17) is 16.6 Å². The lowest BCUT2D eigenvalue weighted by molar-refractivity contribution is 0.490. The van der Waals surface area contributed by atoms with Gasteiger partial charge in [-0.2, -0.15) is 0 Å². The van der Waals surface area contributed by atoms with Crippen LogP contribution >= 0.6 is 22.9 Å². The zero-order chi connectivity index (χ0) is 14.8. The summed E-state index contributed by atoms with van der Waals surface area (Å²) in [5.41, 5.74) is 2.46. The van der Waals surface area contributed by atoms with Crippen LogP contribution in [0.1, 0.15) is 35.0 Å². The molecular formula is C16H20ClN3S. The first kappa shape index (κ1) is 14.8. The molecule has 1 atom stereocenters. The normalized spacial score (nSPS) is 17.6. The van der Waals surface area contributed by atoms with Gasteiger partial charge in [-0.15, -0.1) is 11.3 Å². The fourth-order valence-electron chi connectivity index (χ4n) is 2.83. The summed E-state index contributed by atoms with van der Waals surface area (Å²) in [5.74, 6) is 0. The highest BCUT2D eigenvalue weighted by Gasteiger charge is 2.24. The van der Waals surface area contributed by atoms with Gasteiger partial charge in [-0.1, -0.05) is 23.7 Å². The Kier molecular flexibility index (Phi) is 4.48. The maximum atomic E-state index is 6.05. The Morgan fingerprint density at radius 2 is 2.33 bits per heavy atom. The maximum absolute atomic E-state index is 6.05. The van der Waals surface area contributed by atoms with Gasteiger partial charge in [0.2, 0.25) is 0 Å². The molecule has 0 radical (unpaired) electrons. The number of halogens is 1. The molecule has 1 aliphatic rings. The molecule has 1 aromatic heterocycles. The molecule has 0 saturated heterocycles. The molecule has 1 heterocycles. The SMILES string of the molecule is CNC1CCCc2sc(N(C)Cc3cccc(Cl)c3)nc21. The maximum Gasteiger partial charge on any atom is 0.185 e. The minimum Gasteiger partial charge on any atom is -0.347 e. The number of nitrogens with zero attached hydrogens (tertiary/aromatic N) is 2. The van der Waals surface area contributed by atoms with Crippen molar-refractivity contribution < 1.29 is 0 Å². The second kappa shape index (κ2) is 6.34. The summed E-state index contributed by atoms with van der Waals surface area (Å²) < 4.78 is 0. The molecule has 0 fully saturated rings. The smallest absolute Gasteiger partial charge is 0.185 e. The minimum atomic E-state index is 0.415. The van der Waals surface area contributed by atoms with Crippen molar-refractivity contribution in [3.05, 3.63) is 45.4 Å². The van der Waals surface area contributed by atoms with Crippen molar-refractivity contribution in [1.29, 1.82) is 0 Å². The molecule has 2 aromatic rings. The highest BCUT2D eigenvalue weighted by Crippen LogP contribution is 2.36. The van der Waals surface area contributed by atoms with Crippen molar-refractivity contribution >= 4 is 28.1 Å². The molecule has 0 bridgehead atoms. The van der Waals surface area contributed by atoms with Crippen LogP contribution in [0.25, 0.3) is 0 Å². The number of aromatic nitrogens is 1. The fourth-order valence-corrected chi connectivity index (χ4v) is 4.16.